The Kier molecular flexibility index (Phi) is 4.00. The zero-order chi connectivity index (χ0) is 16.5. The molecule has 0 bridgehead atoms. The van der Waals surface area contributed by atoms with Crippen molar-refractivity contribution in [2.24, 2.45) is 7.05 Å². The fraction of sp³-hybridized carbons (Fsp3) is 0.389. The fourth-order valence-electron chi connectivity index (χ4n) is 3.27. The summed E-state index contributed by atoms with van der Waals surface area (Å²) in [6, 6.07) is 15.0. The summed E-state index contributed by atoms with van der Waals surface area (Å²) in [5.74, 6) is 0.891. The number of likely N-dealkylation sites (tertiary alicyclic amines) is 1. The molecule has 1 fully saturated rings. The molecule has 1 saturated heterocycles. The van der Waals surface area contributed by atoms with Crippen LogP contribution < -0.4 is 0 Å². The first-order valence-electron chi connectivity index (χ1n) is 8.27. The number of tetrazole rings is 1. The molecule has 2 heterocycles. The molecule has 0 aliphatic carbocycles. The van der Waals surface area contributed by atoms with Crippen molar-refractivity contribution < 1.29 is 4.74 Å². The van der Waals surface area contributed by atoms with Crippen molar-refractivity contribution >= 4 is 10.8 Å². The molecule has 4 rings (SSSR count). The summed E-state index contributed by atoms with van der Waals surface area (Å²) < 4.78 is 7.83. The summed E-state index contributed by atoms with van der Waals surface area (Å²) in [6.45, 7) is 4.62. The Morgan fingerprint density at radius 2 is 1.96 bits per heavy atom. The third-order valence-electron chi connectivity index (χ3n) is 4.81. The minimum Gasteiger partial charge on any atom is -0.371 e. The molecule has 6 nitrogen and oxygen atoms in total. The minimum absolute atomic E-state index is 0.211. The number of rotatable bonds is 5. The molecule has 0 saturated carbocycles. The maximum Gasteiger partial charge on any atom is 0.167 e. The van der Waals surface area contributed by atoms with Gasteiger partial charge in [-0.05, 0) is 33.7 Å². The van der Waals surface area contributed by atoms with Gasteiger partial charge in [0.15, 0.2) is 5.82 Å². The molecule has 1 atom stereocenters. The van der Waals surface area contributed by atoms with Gasteiger partial charge in [-0.2, -0.15) is 0 Å². The van der Waals surface area contributed by atoms with E-state index in [2.05, 4.69) is 69.8 Å². The van der Waals surface area contributed by atoms with Crippen LogP contribution in [-0.2, 0) is 18.4 Å². The van der Waals surface area contributed by atoms with Crippen LogP contribution in [0.4, 0.5) is 0 Å². The molecule has 1 aromatic heterocycles. The summed E-state index contributed by atoms with van der Waals surface area (Å²) >= 11 is 0. The van der Waals surface area contributed by atoms with E-state index < -0.39 is 0 Å². The van der Waals surface area contributed by atoms with Gasteiger partial charge >= 0.3 is 0 Å². The summed E-state index contributed by atoms with van der Waals surface area (Å²) in [5, 5.41) is 14.2. The largest absolute Gasteiger partial charge is 0.371 e. The Morgan fingerprint density at radius 3 is 2.75 bits per heavy atom. The SMILES string of the molecule is C[C@H](c1nnnn1C)N1CC(OCc2cccc3ccccc23)C1. The van der Waals surface area contributed by atoms with Crippen molar-refractivity contribution in [1.82, 2.24) is 25.1 Å². The molecule has 0 unspecified atom stereocenters. The van der Waals surface area contributed by atoms with Crippen LogP contribution in [-0.4, -0.2) is 44.3 Å². The van der Waals surface area contributed by atoms with Gasteiger partial charge in [-0.25, -0.2) is 4.68 Å². The Morgan fingerprint density at radius 1 is 1.17 bits per heavy atom. The molecule has 3 aromatic rings. The van der Waals surface area contributed by atoms with Gasteiger partial charge in [0, 0.05) is 20.1 Å². The van der Waals surface area contributed by atoms with Crippen LogP contribution in [0.25, 0.3) is 10.8 Å². The number of aryl methyl sites for hydroxylation is 1. The van der Waals surface area contributed by atoms with Crippen molar-refractivity contribution in [3.05, 3.63) is 53.9 Å². The summed E-state index contributed by atoms with van der Waals surface area (Å²) in [7, 11) is 1.88. The molecule has 0 amide bonds. The smallest absolute Gasteiger partial charge is 0.167 e. The monoisotopic (exact) mass is 323 g/mol. The number of benzene rings is 2. The fourth-order valence-corrected chi connectivity index (χ4v) is 3.27. The van der Waals surface area contributed by atoms with E-state index in [0.717, 1.165) is 18.9 Å². The zero-order valence-electron chi connectivity index (χ0n) is 14.0. The summed E-state index contributed by atoms with van der Waals surface area (Å²) in [5.41, 5.74) is 1.25. The average Bonchev–Trinajstić information content (AvgIpc) is 2.99. The van der Waals surface area contributed by atoms with E-state index in [9.17, 15) is 0 Å². The van der Waals surface area contributed by atoms with Crippen LogP contribution in [0.5, 0.6) is 0 Å². The number of nitrogens with zero attached hydrogens (tertiary/aromatic N) is 5. The van der Waals surface area contributed by atoms with Crippen molar-refractivity contribution in [1.29, 1.82) is 0 Å². The van der Waals surface area contributed by atoms with E-state index in [0.29, 0.717) is 6.61 Å². The Labute approximate surface area is 141 Å². The molecular weight excluding hydrogens is 302 g/mol. The van der Waals surface area contributed by atoms with Gasteiger partial charge in [-0.15, -0.1) is 5.10 Å². The van der Waals surface area contributed by atoms with E-state index in [-0.39, 0.29) is 12.1 Å². The second-order valence-electron chi connectivity index (χ2n) is 6.36. The highest BCUT2D eigenvalue weighted by atomic mass is 16.5. The lowest BCUT2D eigenvalue weighted by molar-refractivity contribution is -0.0786. The lowest BCUT2D eigenvalue weighted by atomic mass is 10.0. The zero-order valence-corrected chi connectivity index (χ0v) is 14.0. The molecule has 124 valence electrons. The second kappa shape index (κ2) is 6.30. The van der Waals surface area contributed by atoms with Crippen LogP contribution in [0, 0.1) is 0 Å². The van der Waals surface area contributed by atoms with Crippen molar-refractivity contribution in [3.63, 3.8) is 0 Å². The van der Waals surface area contributed by atoms with Crippen LogP contribution >= 0.6 is 0 Å². The lowest BCUT2D eigenvalue weighted by Gasteiger charge is -2.42. The highest BCUT2D eigenvalue weighted by Crippen LogP contribution is 2.26. The van der Waals surface area contributed by atoms with Gasteiger partial charge in [0.05, 0.1) is 18.8 Å². The maximum atomic E-state index is 6.10. The van der Waals surface area contributed by atoms with Gasteiger partial charge < -0.3 is 4.74 Å². The Balaban J connectivity index is 1.35. The highest BCUT2D eigenvalue weighted by molar-refractivity contribution is 5.85. The van der Waals surface area contributed by atoms with Gasteiger partial charge in [-0.1, -0.05) is 42.5 Å². The quantitative estimate of drug-likeness (QED) is 0.721. The molecule has 0 radical (unpaired) electrons. The van der Waals surface area contributed by atoms with E-state index in [1.165, 1.54) is 16.3 Å². The summed E-state index contributed by atoms with van der Waals surface area (Å²) in [4.78, 5) is 2.33. The van der Waals surface area contributed by atoms with Crippen LogP contribution in [0.2, 0.25) is 0 Å². The summed E-state index contributed by atoms with van der Waals surface area (Å²) in [6.07, 6.45) is 0.271. The van der Waals surface area contributed by atoms with E-state index in [4.69, 9.17) is 4.74 Å². The molecule has 0 spiro atoms. The van der Waals surface area contributed by atoms with Crippen molar-refractivity contribution in [2.75, 3.05) is 13.1 Å². The topological polar surface area (TPSA) is 56.1 Å². The number of hydrogen-bond acceptors (Lipinski definition) is 5. The van der Waals surface area contributed by atoms with E-state index in [1.807, 2.05) is 7.05 Å². The first-order chi connectivity index (χ1) is 11.7. The number of hydrogen-bond donors (Lipinski definition) is 0. The van der Waals surface area contributed by atoms with Crippen LogP contribution in [0.1, 0.15) is 24.4 Å². The van der Waals surface area contributed by atoms with Crippen molar-refractivity contribution in [2.45, 2.75) is 25.7 Å². The third kappa shape index (κ3) is 2.79. The van der Waals surface area contributed by atoms with Gasteiger partial charge in [-0.3, -0.25) is 4.90 Å². The molecule has 0 N–H and O–H groups in total. The van der Waals surface area contributed by atoms with Crippen molar-refractivity contribution in [3.8, 4) is 0 Å². The van der Waals surface area contributed by atoms with Gasteiger partial charge in [0.1, 0.15) is 0 Å². The van der Waals surface area contributed by atoms with Gasteiger partial charge in [0.25, 0.3) is 0 Å². The average molecular weight is 323 g/mol. The van der Waals surface area contributed by atoms with Gasteiger partial charge in [0.2, 0.25) is 0 Å². The molecule has 2 aromatic carbocycles. The van der Waals surface area contributed by atoms with E-state index in [1.54, 1.807) is 4.68 Å². The Hall–Kier alpha value is -2.31. The molecule has 24 heavy (non-hydrogen) atoms. The minimum atomic E-state index is 0.211. The number of fused-ring (bicyclic) bond motifs is 1. The standard InChI is InChI=1S/C18H21N5O/c1-13(18-19-20-21-22(18)2)23-10-16(11-23)24-12-15-8-5-7-14-6-3-4-9-17(14)15/h3-9,13,16H,10-12H2,1-2H3/t13-/m1/s1. The highest BCUT2D eigenvalue weighted by Gasteiger charge is 2.33. The number of aromatic nitrogens is 4. The first kappa shape index (κ1) is 15.2. The Bertz CT molecular complexity index is 835. The normalized spacial score (nSPS) is 17.1. The van der Waals surface area contributed by atoms with E-state index >= 15 is 0 Å². The predicted octanol–water partition coefficient (Wildman–Crippen LogP) is 2.33. The predicted molar refractivity (Wildman–Crippen MR) is 91.3 cm³/mol. The second-order valence-corrected chi connectivity index (χ2v) is 6.36. The molecule has 1 aliphatic heterocycles. The van der Waals surface area contributed by atoms with Crippen LogP contribution in [0.3, 0.4) is 0 Å². The lowest BCUT2D eigenvalue weighted by Crippen LogP contribution is -2.53. The maximum absolute atomic E-state index is 6.10. The molecule has 1 aliphatic rings. The molecular formula is C18H21N5O. The van der Waals surface area contributed by atoms with Crippen LogP contribution in [0.15, 0.2) is 42.5 Å². The molecule has 6 heteroatoms. The first-order valence-corrected chi connectivity index (χ1v) is 8.27. The third-order valence-corrected chi connectivity index (χ3v) is 4.81. The number of ether oxygens (including phenoxy) is 1.